The summed E-state index contributed by atoms with van der Waals surface area (Å²) >= 11 is 0. The van der Waals surface area contributed by atoms with E-state index in [1.165, 1.54) is 19.3 Å². The van der Waals surface area contributed by atoms with E-state index in [0.717, 1.165) is 51.4 Å². The summed E-state index contributed by atoms with van der Waals surface area (Å²) < 4.78 is 21.9. The summed E-state index contributed by atoms with van der Waals surface area (Å²) in [7, 11) is 0. The molecule has 1 fully saturated rings. The minimum atomic E-state index is -1.62. The van der Waals surface area contributed by atoms with Crippen LogP contribution in [0.15, 0.2) is 97.2 Å². The van der Waals surface area contributed by atoms with Gasteiger partial charge in [0.25, 0.3) is 0 Å². The van der Waals surface area contributed by atoms with Gasteiger partial charge in [0, 0.05) is 12.8 Å². The highest BCUT2D eigenvalue weighted by molar-refractivity contribution is 5.70. The largest absolute Gasteiger partial charge is 0.462 e. The maximum Gasteiger partial charge on any atom is 0.306 e. The minimum absolute atomic E-state index is 0.0957. The molecule has 1 rings (SSSR count). The molecule has 0 aromatic rings. The van der Waals surface area contributed by atoms with Crippen LogP contribution >= 0.6 is 0 Å². The molecule has 0 saturated carbocycles. The zero-order chi connectivity index (χ0) is 40.2. The molecule has 1 aliphatic rings. The van der Waals surface area contributed by atoms with Crippen molar-refractivity contribution in [1.82, 2.24) is 0 Å². The quantitative estimate of drug-likeness (QED) is 0.0310. The van der Waals surface area contributed by atoms with Crippen molar-refractivity contribution in [3.8, 4) is 0 Å². The van der Waals surface area contributed by atoms with Crippen molar-refractivity contribution < 1.29 is 49.0 Å². The molecule has 0 radical (unpaired) electrons. The van der Waals surface area contributed by atoms with E-state index in [1.807, 2.05) is 18.2 Å². The van der Waals surface area contributed by atoms with Gasteiger partial charge in [-0.3, -0.25) is 9.59 Å². The lowest BCUT2D eigenvalue weighted by atomic mass is 9.99. The second-order valence-electron chi connectivity index (χ2n) is 13.3. The molecule has 310 valence electrons. The van der Waals surface area contributed by atoms with Crippen LogP contribution in [0.3, 0.4) is 0 Å². The first-order chi connectivity index (χ1) is 26.8. The summed E-state index contributed by atoms with van der Waals surface area (Å²) in [5, 5.41) is 39.9. The fourth-order valence-electron chi connectivity index (χ4n) is 5.25. The fourth-order valence-corrected chi connectivity index (χ4v) is 5.25. The van der Waals surface area contributed by atoms with Crippen LogP contribution in [0, 0.1) is 0 Å². The molecule has 1 saturated heterocycles. The Bertz CT molecular complexity index is 1210. The lowest BCUT2D eigenvalue weighted by Crippen LogP contribution is -2.59. The van der Waals surface area contributed by atoms with Gasteiger partial charge in [0.05, 0.1) is 13.2 Å². The molecule has 1 aliphatic heterocycles. The molecule has 1 heterocycles. The van der Waals surface area contributed by atoms with Gasteiger partial charge in [0.15, 0.2) is 12.4 Å². The number of esters is 2. The number of carbonyl (C=O) groups is 2. The number of carbonyl (C=O) groups excluding carboxylic acids is 2. The van der Waals surface area contributed by atoms with Crippen LogP contribution < -0.4 is 0 Å². The van der Waals surface area contributed by atoms with Crippen molar-refractivity contribution in [3.05, 3.63) is 97.2 Å². The smallest absolute Gasteiger partial charge is 0.306 e. The zero-order valence-electron chi connectivity index (χ0n) is 33.4. The van der Waals surface area contributed by atoms with Crippen molar-refractivity contribution in [2.75, 3.05) is 19.8 Å². The van der Waals surface area contributed by atoms with Crippen molar-refractivity contribution in [3.63, 3.8) is 0 Å². The topological polar surface area (TPSA) is 152 Å². The average molecular weight is 771 g/mol. The standard InChI is InChI=1S/C45H70O10/c1-3-5-7-9-11-13-15-17-18-19-20-22-23-25-27-29-31-33-40(47)52-36-38(37-53-45-44(51)43(50)42(49)39(35-46)55-45)54-41(48)34-32-30-28-26-24-21-16-14-12-10-8-6-4-2/h5,7,11-14,17-18,20-22,24-25,27-28,30,38-39,42-46,49-51H,3-4,6,8-10,15-16,19,23,26,29,31-37H2,1-2H3/b7-5-,13-11-,14-12-,18-17-,22-20-,24-21-,27-25-,30-28-. The number of allylic oxidation sites excluding steroid dienone is 16. The molecular formula is C45H70O10. The van der Waals surface area contributed by atoms with Crippen LogP contribution in [-0.2, 0) is 28.5 Å². The Labute approximate surface area is 330 Å². The molecule has 0 aliphatic carbocycles. The highest BCUT2D eigenvalue weighted by Gasteiger charge is 2.44. The normalized spacial score (nSPS) is 21.6. The van der Waals surface area contributed by atoms with Crippen molar-refractivity contribution >= 4 is 11.9 Å². The SMILES string of the molecule is CC/C=C\C/C=C\C/C=C\C/C=C\C/C=C\CCCC(=O)OCC(COC1OC(CO)C(O)C(O)C1O)OC(=O)CC/C=C\C/C=C\C/C=C\CCCCC. The van der Waals surface area contributed by atoms with Crippen LogP contribution in [-0.4, -0.2) is 89.0 Å². The Balaban J connectivity index is 2.47. The van der Waals surface area contributed by atoms with E-state index in [9.17, 15) is 30.0 Å². The zero-order valence-corrected chi connectivity index (χ0v) is 33.4. The third-order valence-corrected chi connectivity index (χ3v) is 8.47. The van der Waals surface area contributed by atoms with Gasteiger partial charge in [-0.05, 0) is 77.0 Å². The van der Waals surface area contributed by atoms with Gasteiger partial charge in [-0.25, -0.2) is 0 Å². The van der Waals surface area contributed by atoms with E-state index in [0.29, 0.717) is 19.3 Å². The molecule has 0 aromatic heterocycles. The Morgan fingerprint density at radius 2 is 1.09 bits per heavy atom. The Morgan fingerprint density at radius 3 is 1.62 bits per heavy atom. The monoisotopic (exact) mass is 770 g/mol. The summed E-state index contributed by atoms with van der Waals surface area (Å²) in [4.78, 5) is 25.2. The number of rotatable bonds is 31. The number of aliphatic hydroxyl groups is 4. The van der Waals surface area contributed by atoms with Crippen LogP contribution in [0.2, 0.25) is 0 Å². The molecule has 10 heteroatoms. The molecule has 4 N–H and O–H groups in total. The first-order valence-corrected chi connectivity index (χ1v) is 20.3. The number of unbranched alkanes of at least 4 members (excludes halogenated alkanes) is 4. The van der Waals surface area contributed by atoms with E-state index < -0.39 is 55.4 Å². The van der Waals surface area contributed by atoms with E-state index >= 15 is 0 Å². The highest BCUT2D eigenvalue weighted by Crippen LogP contribution is 2.22. The molecule has 0 amide bonds. The molecule has 55 heavy (non-hydrogen) atoms. The summed E-state index contributed by atoms with van der Waals surface area (Å²) in [5.41, 5.74) is 0. The maximum absolute atomic E-state index is 12.7. The van der Waals surface area contributed by atoms with Gasteiger partial charge in [0.1, 0.15) is 31.0 Å². The summed E-state index contributed by atoms with van der Waals surface area (Å²) in [6.07, 6.45) is 38.7. The van der Waals surface area contributed by atoms with Crippen molar-refractivity contribution in [2.24, 2.45) is 0 Å². The van der Waals surface area contributed by atoms with Crippen molar-refractivity contribution in [1.29, 1.82) is 0 Å². The van der Waals surface area contributed by atoms with E-state index in [-0.39, 0.29) is 26.1 Å². The lowest BCUT2D eigenvalue weighted by Gasteiger charge is -2.39. The molecule has 10 nitrogen and oxygen atoms in total. The molecule has 6 atom stereocenters. The van der Waals surface area contributed by atoms with Crippen LogP contribution in [0.4, 0.5) is 0 Å². The summed E-state index contributed by atoms with van der Waals surface area (Å²) in [5.74, 6) is -0.977. The lowest BCUT2D eigenvalue weighted by molar-refractivity contribution is -0.305. The second-order valence-corrected chi connectivity index (χ2v) is 13.3. The Morgan fingerprint density at radius 1 is 0.582 bits per heavy atom. The number of hydrogen-bond acceptors (Lipinski definition) is 10. The van der Waals surface area contributed by atoms with Crippen LogP contribution in [0.1, 0.15) is 117 Å². The number of ether oxygens (including phenoxy) is 4. The molecule has 0 bridgehead atoms. The molecule has 0 aromatic carbocycles. The fraction of sp³-hybridized carbons (Fsp3) is 0.600. The van der Waals surface area contributed by atoms with Gasteiger partial charge in [-0.15, -0.1) is 0 Å². The first kappa shape index (κ1) is 49.6. The Hall–Kier alpha value is -3.38. The first-order valence-electron chi connectivity index (χ1n) is 20.3. The Kier molecular flexibility index (Phi) is 31.6. The number of aliphatic hydroxyl groups excluding tert-OH is 4. The second kappa shape index (κ2) is 35.1. The van der Waals surface area contributed by atoms with E-state index in [4.69, 9.17) is 18.9 Å². The maximum atomic E-state index is 12.7. The van der Waals surface area contributed by atoms with Gasteiger partial charge < -0.3 is 39.4 Å². The van der Waals surface area contributed by atoms with Crippen molar-refractivity contribution in [2.45, 2.75) is 153 Å². The minimum Gasteiger partial charge on any atom is -0.462 e. The highest BCUT2D eigenvalue weighted by atomic mass is 16.7. The third kappa shape index (κ3) is 27.0. The summed E-state index contributed by atoms with van der Waals surface area (Å²) in [6.45, 7) is 3.11. The third-order valence-electron chi connectivity index (χ3n) is 8.47. The predicted octanol–water partition coefficient (Wildman–Crippen LogP) is 7.99. The number of hydrogen-bond donors (Lipinski definition) is 4. The average Bonchev–Trinajstić information content (AvgIpc) is 3.18. The van der Waals surface area contributed by atoms with Gasteiger partial charge >= 0.3 is 11.9 Å². The molecular weight excluding hydrogens is 700 g/mol. The van der Waals surface area contributed by atoms with E-state index in [2.05, 4.69) is 92.8 Å². The predicted molar refractivity (Wildman–Crippen MR) is 219 cm³/mol. The molecule has 6 unspecified atom stereocenters. The van der Waals surface area contributed by atoms with Gasteiger partial charge in [-0.2, -0.15) is 0 Å². The molecule has 0 spiro atoms. The van der Waals surface area contributed by atoms with Gasteiger partial charge in [-0.1, -0.05) is 124 Å². The van der Waals surface area contributed by atoms with Crippen LogP contribution in [0.5, 0.6) is 0 Å². The summed E-state index contributed by atoms with van der Waals surface area (Å²) in [6, 6.07) is 0. The van der Waals surface area contributed by atoms with Gasteiger partial charge in [0.2, 0.25) is 0 Å². The van der Waals surface area contributed by atoms with Crippen LogP contribution in [0.25, 0.3) is 0 Å². The van der Waals surface area contributed by atoms with E-state index in [1.54, 1.807) is 0 Å².